The standard InChI is InChI=1S/C14H17NOS/c1-16-14-4-2-3-11(9-14)7-13(15)8-12-5-6-17-10-12/h2-6,9-10,13H,7-8,15H2,1H3. The predicted molar refractivity (Wildman–Crippen MR) is 72.7 cm³/mol. The summed E-state index contributed by atoms with van der Waals surface area (Å²) < 4.78 is 5.20. The Labute approximate surface area is 106 Å². The molecular formula is C14H17NOS. The van der Waals surface area contributed by atoms with Crippen molar-refractivity contribution in [2.24, 2.45) is 5.73 Å². The van der Waals surface area contributed by atoms with Gasteiger partial charge in [0, 0.05) is 6.04 Å². The van der Waals surface area contributed by atoms with Crippen LogP contribution in [0.5, 0.6) is 5.75 Å². The molecule has 0 spiro atoms. The summed E-state index contributed by atoms with van der Waals surface area (Å²) in [7, 11) is 1.68. The Balaban J connectivity index is 1.95. The normalized spacial score (nSPS) is 12.4. The average molecular weight is 247 g/mol. The molecule has 2 nitrogen and oxygen atoms in total. The number of rotatable bonds is 5. The monoisotopic (exact) mass is 247 g/mol. The highest BCUT2D eigenvalue weighted by atomic mass is 32.1. The van der Waals surface area contributed by atoms with Crippen LogP contribution in [0.2, 0.25) is 0 Å². The van der Waals surface area contributed by atoms with E-state index in [1.54, 1.807) is 18.4 Å². The molecule has 1 heterocycles. The van der Waals surface area contributed by atoms with Gasteiger partial charge in [0.25, 0.3) is 0 Å². The van der Waals surface area contributed by atoms with Crippen LogP contribution in [0.15, 0.2) is 41.1 Å². The fourth-order valence-corrected chi connectivity index (χ4v) is 2.57. The Hall–Kier alpha value is -1.32. The Morgan fingerprint density at radius 1 is 1.24 bits per heavy atom. The predicted octanol–water partition coefficient (Wildman–Crippen LogP) is 2.87. The first-order chi connectivity index (χ1) is 8.28. The third-order valence-corrected chi connectivity index (χ3v) is 3.44. The minimum Gasteiger partial charge on any atom is -0.497 e. The fraction of sp³-hybridized carbons (Fsp3) is 0.286. The third-order valence-electron chi connectivity index (χ3n) is 2.71. The molecule has 1 aromatic heterocycles. The number of hydrogen-bond donors (Lipinski definition) is 1. The van der Waals surface area contributed by atoms with Crippen LogP contribution in [0.3, 0.4) is 0 Å². The van der Waals surface area contributed by atoms with Crippen molar-refractivity contribution in [2.45, 2.75) is 18.9 Å². The molecule has 0 saturated heterocycles. The van der Waals surface area contributed by atoms with E-state index in [2.05, 4.69) is 22.9 Å². The van der Waals surface area contributed by atoms with Gasteiger partial charge in [-0.3, -0.25) is 0 Å². The maximum atomic E-state index is 6.15. The summed E-state index contributed by atoms with van der Waals surface area (Å²) in [4.78, 5) is 0. The lowest BCUT2D eigenvalue weighted by Gasteiger charge is -2.11. The molecule has 17 heavy (non-hydrogen) atoms. The number of benzene rings is 1. The molecule has 90 valence electrons. The summed E-state index contributed by atoms with van der Waals surface area (Å²) in [6.45, 7) is 0. The van der Waals surface area contributed by atoms with Crippen molar-refractivity contribution in [1.29, 1.82) is 0 Å². The summed E-state index contributed by atoms with van der Waals surface area (Å²) in [6, 6.07) is 10.4. The van der Waals surface area contributed by atoms with E-state index in [4.69, 9.17) is 10.5 Å². The minimum atomic E-state index is 0.164. The third kappa shape index (κ3) is 3.58. The zero-order valence-corrected chi connectivity index (χ0v) is 10.7. The zero-order valence-electron chi connectivity index (χ0n) is 9.93. The number of thiophene rings is 1. The van der Waals surface area contributed by atoms with Gasteiger partial charge in [-0.2, -0.15) is 11.3 Å². The van der Waals surface area contributed by atoms with Gasteiger partial charge in [-0.25, -0.2) is 0 Å². The second kappa shape index (κ2) is 5.84. The Kier molecular flexibility index (Phi) is 4.18. The molecule has 0 aliphatic heterocycles. The van der Waals surface area contributed by atoms with Gasteiger partial charge >= 0.3 is 0 Å². The van der Waals surface area contributed by atoms with Gasteiger partial charge in [-0.15, -0.1) is 0 Å². The molecule has 0 radical (unpaired) electrons. The summed E-state index contributed by atoms with van der Waals surface area (Å²) in [6.07, 6.45) is 1.81. The summed E-state index contributed by atoms with van der Waals surface area (Å²) in [5, 5.41) is 4.25. The van der Waals surface area contributed by atoms with E-state index >= 15 is 0 Å². The van der Waals surface area contributed by atoms with Gasteiger partial charge in [0.05, 0.1) is 7.11 Å². The van der Waals surface area contributed by atoms with Crippen LogP contribution in [0, 0.1) is 0 Å². The number of hydrogen-bond acceptors (Lipinski definition) is 3. The van der Waals surface area contributed by atoms with Gasteiger partial charge in [-0.05, 0) is 52.9 Å². The molecule has 1 aromatic carbocycles. The van der Waals surface area contributed by atoms with Crippen molar-refractivity contribution in [3.63, 3.8) is 0 Å². The van der Waals surface area contributed by atoms with Gasteiger partial charge in [0.2, 0.25) is 0 Å². The van der Waals surface area contributed by atoms with Crippen molar-refractivity contribution in [1.82, 2.24) is 0 Å². The molecular weight excluding hydrogens is 230 g/mol. The number of ether oxygens (including phenoxy) is 1. The van der Waals surface area contributed by atoms with E-state index in [0.717, 1.165) is 18.6 Å². The van der Waals surface area contributed by atoms with Crippen LogP contribution in [-0.4, -0.2) is 13.2 Å². The molecule has 0 aliphatic carbocycles. The van der Waals surface area contributed by atoms with Crippen LogP contribution >= 0.6 is 11.3 Å². The van der Waals surface area contributed by atoms with Crippen LogP contribution < -0.4 is 10.5 Å². The summed E-state index contributed by atoms with van der Waals surface area (Å²) in [5.41, 5.74) is 8.71. The highest BCUT2D eigenvalue weighted by Crippen LogP contribution is 2.15. The van der Waals surface area contributed by atoms with Crippen molar-refractivity contribution >= 4 is 11.3 Å². The highest BCUT2D eigenvalue weighted by Gasteiger charge is 2.06. The lowest BCUT2D eigenvalue weighted by atomic mass is 10.0. The van der Waals surface area contributed by atoms with E-state index in [1.165, 1.54) is 11.1 Å². The van der Waals surface area contributed by atoms with Crippen molar-refractivity contribution in [3.05, 3.63) is 52.2 Å². The maximum Gasteiger partial charge on any atom is 0.119 e. The van der Waals surface area contributed by atoms with Crippen LogP contribution in [0.1, 0.15) is 11.1 Å². The molecule has 0 fully saturated rings. The van der Waals surface area contributed by atoms with Crippen molar-refractivity contribution in [2.75, 3.05) is 7.11 Å². The quantitative estimate of drug-likeness (QED) is 0.881. The average Bonchev–Trinajstić information content (AvgIpc) is 2.82. The number of methoxy groups -OCH3 is 1. The van der Waals surface area contributed by atoms with Gasteiger partial charge in [0.1, 0.15) is 5.75 Å². The molecule has 0 amide bonds. The Morgan fingerprint density at radius 2 is 2.06 bits per heavy atom. The first-order valence-corrected chi connectivity index (χ1v) is 6.62. The lowest BCUT2D eigenvalue weighted by molar-refractivity contribution is 0.414. The smallest absolute Gasteiger partial charge is 0.119 e. The maximum absolute atomic E-state index is 6.15. The van der Waals surface area contributed by atoms with Gasteiger partial charge in [-0.1, -0.05) is 12.1 Å². The topological polar surface area (TPSA) is 35.2 Å². The van der Waals surface area contributed by atoms with E-state index < -0.39 is 0 Å². The molecule has 1 atom stereocenters. The molecule has 2 aromatic rings. The lowest BCUT2D eigenvalue weighted by Crippen LogP contribution is -2.25. The van der Waals surface area contributed by atoms with Crippen LogP contribution in [0.4, 0.5) is 0 Å². The molecule has 0 saturated carbocycles. The molecule has 2 rings (SSSR count). The van der Waals surface area contributed by atoms with Crippen LogP contribution in [-0.2, 0) is 12.8 Å². The Bertz CT molecular complexity index is 453. The van der Waals surface area contributed by atoms with E-state index in [0.29, 0.717) is 0 Å². The minimum absolute atomic E-state index is 0.164. The molecule has 3 heteroatoms. The van der Waals surface area contributed by atoms with Gasteiger partial charge in [0.15, 0.2) is 0 Å². The largest absolute Gasteiger partial charge is 0.497 e. The van der Waals surface area contributed by atoms with Crippen LogP contribution in [0.25, 0.3) is 0 Å². The first kappa shape index (κ1) is 12.1. The molecule has 1 unspecified atom stereocenters. The number of nitrogens with two attached hydrogens (primary N) is 1. The zero-order chi connectivity index (χ0) is 12.1. The van der Waals surface area contributed by atoms with E-state index in [9.17, 15) is 0 Å². The second-order valence-corrected chi connectivity index (χ2v) is 4.93. The van der Waals surface area contributed by atoms with Gasteiger partial charge < -0.3 is 10.5 Å². The SMILES string of the molecule is COc1cccc(CC(N)Cc2ccsc2)c1. The van der Waals surface area contributed by atoms with E-state index in [1.807, 2.05) is 18.2 Å². The highest BCUT2D eigenvalue weighted by molar-refractivity contribution is 7.07. The molecule has 2 N–H and O–H groups in total. The summed E-state index contributed by atoms with van der Waals surface area (Å²) >= 11 is 1.72. The molecule has 0 bridgehead atoms. The fourth-order valence-electron chi connectivity index (χ4n) is 1.89. The molecule has 0 aliphatic rings. The van der Waals surface area contributed by atoms with Crippen molar-refractivity contribution < 1.29 is 4.74 Å². The Morgan fingerprint density at radius 3 is 2.76 bits per heavy atom. The first-order valence-electron chi connectivity index (χ1n) is 5.67. The summed E-state index contributed by atoms with van der Waals surface area (Å²) in [5.74, 6) is 0.894. The van der Waals surface area contributed by atoms with E-state index in [-0.39, 0.29) is 6.04 Å². The van der Waals surface area contributed by atoms with Crippen molar-refractivity contribution in [3.8, 4) is 5.75 Å². The second-order valence-electron chi connectivity index (χ2n) is 4.15.